The van der Waals surface area contributed by atoms with Crippen LogP contribution in [0.1, 0.15) is 53.5 Å². The molecule has 214 valence electrons. The van der Waals surface area contributed by atoms with E-state index in [0.29, 0.717) is 12.2 Å². The average Bonchev–Trinajstić information content (AvgIpc) is 3.60. The van der Waals surface area contributed by atoms with Crippen molar-refractivity contribution in [2.24, 2.45) is 0 Å². The van der Waals surface area contributed by atoms with E-state index in [4.69, 9.17) is 0 Å². The number of anilines is 2. The van der Waals surface area contributed by atoms with E-state index in [-0.39, 0.29) is 6.17 Å². The highest BCUT2D eigenvalue weighted by atomic mass is 79.9. The molecule has 13 heteroatoms. The Balaban J connectivity index is 1.32. The maximum Gasteiger partial charge on any atom is 0.389 e. The largest absolute Gasteiger partial charge is 0.389 e. The van der Waals surface area contributed by atoms with Crippen molar-refractivity contribution in [3.05, 3.63) is 41.5 Å². The molecule has 9 nitrogen and oxygen atoms in total. The van der Waals surface area contributed by atoms with Gasteiger partial charge in [-0.25, -0.2) is 9.66 Å². The number of alkyl halides is 3. The first kappa shape index (κ1) is 28.2. The first-order valence-corrected chi connectivity index (χ1v) is 14.3. The summed E-state index contributed by atoms with van der Waals surface area (Å²) < 4.78 is 42.6. The van der Waals surface area contributed by atoms with Gasteiger partial charge in [0.1, 0.15) is 12.5 Å². The number of nitrogens with zero attached hydrogens (tertiary/aromatic N) is 6. The van der Waals surface area contributed by atoms with Crippen molar-refractivity contribution in [3.8, 4) is 0 Å². The van der Waals surface area contributed by atoms with Crippen LogP contribution in [-0.4, -0.2) is 94.4 Å². The molecule has 0 amide bonds. The molecule has 2 fully saturated rings. The Hall–Kier alpha value is -2.35. The number of aromatic nitrogens is 2. The summed E-state index contributed by atoms with van der Waals surface area (Å²) in [4.78, 5) is 24.2. The maximum atomic E-state index is 12.9. The standard InChI is InChI=1S/C26H36BrF3N8O/c1-19-21(32-6-9-34-7-2-3-8-34)14-20(24(39)4-5-26(28,29)30)15-22(19)35-10-12-36(13-11-35)25-23-16-31-17-38(23)33-18-37(25)27/h14-17,25,32-33H,2-13,18H2,1H3. The molecule has 1 unspecified atom stereocenters. The van der Waals surface area contributed by atoms with Gasteiger partial charge in [0.15, 0.2) is 5.78 Å². The predicted octanol–water partition coefficient (Wildman–Crippen LogP) is 4.17. The Kier molecular flexibility index (Phi) is 8.69. The highest BCUT2D eigenvalue weighted by Gasteiger charge is 2.34. The van der Waals surface area contributed by atoms with Crippen LogP contribution in [0.15, 0.2) is 24.7 Å². The molecular weight excluding hydrogens is 577 g/mol. The van der Waals surface area contributed by atoms with E-state index in [0.717, 1.165) is 75.0 Å². The second-order valence-electron chi connectivity index (χ2n) is 10.5. The lowest BCUT2D eigenvalue weighted by Gasteiger charge is -2.44. The van der Waals surface area contributed by atoms with E-state index < -0.39 is 24.8 Å². The van der Waals surface area contributed by atoms with Gasteiger partial charge in [0.05, 0.1) is 25.0 Å². The molecule has 0 saturated carbocycles. The summed E-state index contributed by atoms with van der Waals surface area (Å²) in [6.45, 7) is 9.47. The van der Waals surface area contributed by atoms with Gasteiger partial charge in [0.2, 0.25) is 0 Å². The highest BCUT2D eigenvalue weighted by Crippen LogP contribution is 2.34. The molecule has 1 aromatic heterocycles. The average molecular weight is 614 g/mol. The van der Waals surface area contributed by atoms with E-state index in [1.807, 2.05) is 17.8 Å². The lowest BCUT2D eigenvalue weighted by Crippen LogP contribution is -2.53. The predicted molar refractivity (Wildman–Crippen MR) is 149 cm³/mol. The van der Waals surface area contributed by atoms with Crippen LogP contribution in [-0.2, 0) is 0 Å². The Labute approximate surface area is 235 Å². The van der Waals surface area contributed by atoms with Gasteiger partial charge >= 0.3 is 6.18 Å². The molecule has 2 saturated heterocycles. The van der Waals surface area contributed by atoms with Crippen LogP contribution in [0.25, 0.3) is 0 Å². The molecule has 0 spiro atoms. The number of hydrogen-bond acceptors (Lipinski definition) is 8. The van der Waals surface area contributed by atoms with Gasteiger partial charge in [-0.2, -0.15) is 17.1 Å². The van der Waals surface area contributed by atoms with E-state index >= 15 is 0 Å². The Bertz CT molecular complexity index is 1140. The van der Waals surface area contributed by atoms with Crippen LogP contribution in [0.5, 0.6) is 0 Å². The second kappa shape index (κ2) is 12.0. The third-order valence-electron chi connectivity index (χ3n) is 7.87. The normalized spacial score (nSPS) is 21.2. The van der Waals surface area contributed by atoms with Gasteiger partial charge in [-0.3, -0.25) is 9.69 Å². The van der Waals surface area contributed by atoms with Gasteiger partial charge in [-0.15, -0.1) is 0 Å². The monoisotopic (exact) mass is 612 g/mol. The Morgan fingerprint density at radius 2 is 1.90 bits per heavy atom. The Morgan fingerprint density at radius 3 is 2.62 bits per heavy atom. The van der Waals surface area contributed by atoms with Gasteiger partial charge in [0.25, 0.3) is 0 Å². The number of halogens is 4. The number of carbonyl (C=O) groups is 1. The van der Waals surface area contributed by atoms with E-state index in [1.165, 1.54) is 12.8 Å². The second-order valence-corrected chi connectivity index (χ2v) is 11.4. The molecule has 4 heterocycles. The minimum absolute atomic E-state index is 0.0232. The number of benzene rings is 1. The molecule has 3 aliphatic heterocycles. The highest BCUT2D eigenvalue weighted by molar-refractivity contribution is 9.07. The quantitative estimate of drug-likeness (QED) is 0.323. The number of carbonyl (C=O) groups excluding carboxylic acids is 1. The summed E-state index contributed by atoms with van der Waals surface area (Å²) in [5, 5.41) is 3.48. The summed E-state index contributed by atoms with van der Waals surface area (Å²) in [6.07, 6.45) is 0.0624. The number of fused-ring (bicyclic) bond motifs is 1. The third-order valence-corrected chi connectivity index (χ3v) is 8.51. The van der Waals surface area contributed by atoms with E-state index in [2.05, 4.69) is 50.5 Å². The van der Waals surface area contributed by atoms with Crippen LogP contribution in [0, 0.1) is 6.92 Å². The smallest absolute Gasteiger partial charge is 0.383 e. The van der Waals surface area contributed by atoms with Gasteiger partial charge < -0.3 is 20.5 Å². The first-order valence-electron chi connectivity index (χ1n) is 13.6. The number of rotatable bonds is 9. The van der Waals surface area contributed by atoms with Crippen molar-refractivity contribution in [2.75, 3.05) is 74.7 Å². The number of nitrogens with one attached hydrogen (secondary N) is 2. The molecule has 0 radical (unpaired) electrons. The topological polar surface area (TPSA) is 71.9 Å². The van der Waals surface area contributed by atoms with E-state index in [9.17, 15) is 18.0 Å². The number of imidazole rings is 1. The molecular formula is C26H36BrF3N8O. The van der Waals surface area contributed by atoms with Gasteiger partial charge in [-0.1, -0.05) is 0 Å². The number of ketones is 1. The van der Waals surface area contributed by atoms with Crippen molar-refractivity contribution in [2.45, 2.75) is 44.9 Å². The van der Waals surface area contributed by atoms with Crippen molar-refractivity contribution in [1.29, 1.82) is 0 Å². The fourth-order valence-corrected chi connectivity index (χ4v) is 6.28. The summed E-state index contributed by atoms with van der Waals surface area (Å²) in [5.41, 5.74) is 7.38. The molecule has 0 aliphatic carbocycles. The zero-order valence-electron chi connectivity index (χ0n) is 22.2. The summed E-state index contributed by atoms with van der Waals surface area (Å²) in [5.74, 6) is -0.479. The zero-order valence-corrected chi connectivity index (χ0v) is 23.8. The lowest BCUT2D eigenvalue weighted by atomic mass is 10.00. The summed E-state index contributed by atoms with van der Waals surface area (Å²) in [7, 11) is 0. The molecule has 1 atom stereocenters. The fraction of sp³-hybridized carbons (Fsp3) is 0.615. The van der Waals surface area contributed by atoms with Crippen molar-refractivity contribution >= 4 is 33.3 Å². The minimum atomic E-state index is -4.36. The first-order chi connectivity index (χ1) is 18.7. The fourth-order valence-electron chi connectivity index (χ4n) is 5.70. The minimum Gasteiger partial charge on any atom is -0.383 e. The molecule has 0 bridgehead atoms. The van der Waals surface area contributed by atoms with Crippen molar-refractivity contribution < 1.29 is 18.0 Å². The van der Waals surface area contributed by atoms with Crippen LogP contribution >= 0.6 is 16.1 Å². The molecule has 5 rings (SSSR count). The molecule has 3 aliphatic rings. The zero-order chi connectivity index (χ0) is 27.6. The summed E-state index contributed by atoms with van der Waals surface area (Å²) >= 11 is 3.67. The number of Topliss-reactive ketones (excluding diaryl/α,β-unsaturated/α-hetero) is 1. The molecule has 39 heavy (non-hydrogen) atoms. The van der Waals surface area contributed by atoms with Crippen molar-refractivity contribution in [1.82, 2.24) is 23.4 Å². The SMILES string of the molecule is Cc1c(NCCN2CCCC2)cc(C(=O)CCC(F)(F)F)cc1N1CCN(C2c3cncn3NCN2Br)CC1. The van der Waals surface area contributed by atoms with E-state index in [1.54, 1.807) is 18.5 Å². The lowest BCUT2D eigenvalue weighted by molar-refractivity contribution is -0.133. The Morgan fingerprint density at radius 1 is 1.15 bits per heavy atom. The van der Waals surface area contributed by atoms with Crippen LogP contribution in [0.4, 0.5) is 24.5 Å². The van der Waals surface area contributed by atoms with Crippen LogP contribution in [0.3, 0.4) is 0 Å². The van der Waals surface area contributed by atoms with Gasteiger partial charge in [-0.05, 0) is 50.6 Å². The van der Waals surface area contributed by atoms with Crippen molar-refractivity contribution in [3.63, 3.8) is 0 Å². The molecule has 2 aromatic rings. The molecule has 2 N–H and O–H groups in total. The number of piperazine rings is 1. The molecule has 1 aromatic carbocycles. The number of likely N-dealkylation sites (tertiary alicyclic amines) is 1. The summed E-state index contributed by atoms with van der Waals surface area (Å²) in [6, 6.07) is 3.52. The van der Waals surface area contributed by atoms with Gasteiger partial charge in [0, 0.05) is 78.8 Å². The third kappa shape index (κ3) is 6.69. The van der Waals surface area contributed by atoms with Crippen LogP contribution in [0.2, 0.25) is 0 Å². The maximum absolute atomic E-state index is 12.9. The van der Waals surface area contributed by atoms with Crippen LogP contribution < -0.4 is 15.6 Å². The number of hydrogen-bond donors (Lipinski definition) is 2.